The summed E-state index contributed by atoms with van der Waals surface area (Å²) < 4.78 is 0. The number of nitrogens with zero attached hydrogens (tertiary/aromatic N) is 1. The molecule has 1 aliphatic rings. The van der Waals surface area contributed by atoms with Crippen LogP contribution in [0.2, 0.25) is 5.02 Å². The molecule has 0 spiro atoms. The van der Waals surface area contributed by atoms with Crippen molar-refractivity contribution in [3.8, 4) is 0 Å². The van der Waals surface area contributed by atoms with Crippen LogP contribution in [0, 0.1) is 0 Å². The maximum Gasteiger partial charge on any atom is 0.245 e. The van der Waals surface area contributed by atoms with Crippen molar-refractivity contribution in [2.75, 3.05) is 18.0 Å². The standard InChI is InChI=1S/C14H19ClN2O2/c1-9(18)10-4-5-12(11(15)8-10)17-7-6-16-13(19)14(17,2)3/h4-5,8-9,18H,6-7H2,1-3H3,(H,16,19). The molecule has 1 atom stereocenters. The zero-order valence-electron chi connectivity index (χ0n) is 11.4. The maximum atomic E-state index is 12.0. The molecule has 1 aliphatic heterocycles. The molecule has 5 heteroatoms. The predicted octanol–water partition coefficient (Wildman–Crippen LogP) is 2.11. The zero-order chi connectivity index (χ0) is 14.2. The molecule has 104 valence electrons. The van der Waals surface area contributed by atoms with E-state index in [1.807, 2.05) is 30.9 Å². The van der Waals surface area contributed by atoms with E-state index in [4.69, 9.17) is 11.6 Å². The highest BCUT2D eigenvalue weighted by atomic mass is 35.5. The number of benzene rings is 1. The van der Waals surface area contributed by atoms with Crippen molar-refractivity contribution in [3.05, 3.63) is 28.8 Å². The number of hydrogen-bond donors (Lipinski definition) is 2. The largest absolute Gasteiger partial charge is 0.389 e. The van der Waals surface area contributed by atoms with Gasteiger partial charge in [-0.25, -0.2) is 0 Å². The summed E-state index contributed by atoms with van der Waals surface area (Å²) in [6.45, 7) is 6.77. The molecule has 1 saturated heterocycles. The first-order chi connectivity index (χ1) is 8.84. The molecular formula is C14H19ClN2O2. The minimum atomic E-state index is -0.631. The van der Waals surface area contributed by atoms with Crippen molar-refractivity contribution in [2.24, 2.45) is 0 Å². The molecule has 2 N–H and O–H groups in total. The summed E-state index contributed by atoms with van der Waals surface area (Å²) in [6, 6.07) is 5.46. The summed E-state index contributed by atoms with van der Waals surface area (Å²) >= 11 is 6.30. The van der Waals surface area contributed by atoms with Crippen molar-refractivity contribution >= 4 is 23.2 Å². The summed E-state index contributed by atoms with van der Waals surface area (Å²) in [7, 11) is 0. The summed E-state index contributed by atoms with van der Waals surface area (Å²) in [4.78, 5) is 14.0. The van der Waals surface area contributed by atoms with Crippen LogP contribution < -0.4 is 10.2 Å². The van der Waals surface area contributed by atoms with Crippen molar-refractivity contribution < 1.29 is 9.90 Å². The Morgan fingerprint density at radius 1 is 1.47 bits per heavy atom. The normalized spacial score (nSPS) is 20.1. The average molecular weight is 283 g/mol. The molecule has 0 aromatic heterocycles. The minimum Gasteiger partial charge on any atom is -0.389 e. The molecule has 4 nitrogen and oxygen atoms in total. The van der Waals surface area contributed by atoms with Gasteiger partial charge in [-0.15, -0.1) is 0 Å². The number of hydrogen-bond acceptors (Lipinski definition) is 3. The van der Waals surface area contributed by atoms with Crippen molar-refractivity contribution in [1.29, 1.82) is 0 Å². The number of carbonyl (C=O) groups is 1. The Morgan fingerprint density at radius 2 is 2.16 bits per heavy atom. The first-order valence-corrected chi connectivity index (χ1v) is 6.75. The Kier molecular flexibility index (Phi) is 3.74. The second kappa shape index (κ2) is 5.02. The van der Waals surface area contributed by atoms with E-state index in [-0.39, 0.29) is 5.91 Å². The lowest BCUT2D eigenvalue weighted by Crippen LogP contribution is -2.62. The summed E-state index contributed by atoms with van der Waals surface area (Å²) in [5.74, 6) is -0.00517. The molecule has 1 fully saturated rings. The van der Waals surface area contributed by atoms with Gasteiger partial charge in [-0.05, 0) is 38.5 Å². The number of carbonyl (C=O) groups excluding carboxylic acids is 1. The van der Waals surface area contributed by atoms with Gasteiger partial charge in [-0.1, -0.05) is 17.7 Å². The van der Waals surface area contributed by atoms with Gasteiger partial charge in [0.15, 0.2) is 0 Å². The van der Waals surface area contributed by atoms with Crippen LogP contribution in [0.25, 0.3) is 0 Å². The van der Waals surface area contributed by atoms with Gasteiger partial charge in [0, 0.05) is 13.1 Å². The topological polar surface area (TPSA) is 52.6 Å². The molecule has 2 rings (SSSR count). The average Bonchev–Trinajstić information content (AvgIpc) is 2.33. The number of piperazine rings is 1. The fraction of sp³-hybridized carbons (Fsp3) is 0.500. The third kappa shape index (κ3) is 2.55. The van der Waals surface area contributed by atoms with E-state index >= 15 is 0 Å². The molecule has 1 aromatic rings. The van der Waals surface area contributed by atoms with Gasteiger partial charge in [0.2, 0.25) is 5.91 Å². The number of rotatable bonds is 2. The SMILES string of the molecule is CC(O)c1ccc(N2CCNC(=O)C2(C)C)c(Cl)c1. The number of nitrogens with one attached hydrogen (secondary N) is 1. The molecule has 1 heterocycles. The summed E-state index contributed by atoms with van der Waals surface area (Å²) in [5.41, 5.74) is 0.966. The van der Waals surface area contributed by atoms with Crippen LogP contribution >= 0.6 is 11.6 Å². The van der Waals surface area contributed by atoms with Gasteiger partial charge in [0.05, 0.1) is 16.8 Å². The lowest BCUT2D eigenvalue weighted by Gasteiger charge is -2.43. The molecule has 1 unspecified atom stereocenters. The van der Waals surface area contributed by atoms with Gasteiger partial charge in [0.25, 0.3) is 0 Å². The minimum absolute atomic E-state index is 0.00517. The first kappa shape index (κ1) is 14.2. The number of anilines is 1. The Morgan fingerprint density at radius 3 is 2.74 bits per heavy atom. The molecule has 1 amide bonds. The first-order valence-electron chi connectivity index (χ1n) is 6.37. The van der Waals surface area contributed by atoms with Crippen molar-refractivity contribution in [3.63, 3.8) is 0 Å². The van der Waals surface area contributed by atoms with Crippen LogP contribution in [0.4, 0.5) is 5.69 Å². The Labute approximate surface area is 118 Å². The van der Waals surface area contributed by atoms with Crippen LogP contribution in [0.5, 0.6) is 0 Å². The molecule has 19 heavy (non-hydrogen) atoms. The zero-order valence-corrected chi connectivity index (χ0v) is 12.2. The molecule has 1 aromatic carbocycles. The van der Waals surface area contributed by atoms with E-state index in [2.05, 4.69) is 5.32 Å². The van der Waals surface area contributed by atoms with Gasteiger partial charge < -0.3 is 15.3 Å². The van der Waals surface area contributed by atoms with E-state index < -0.39 is 11.6 Å². The van der Waals surface area contributed by atoms with Gasteiger partial charge in [0.1, 0.15) is 5.54 Å². The summed E-state index contributed by atoms with van der Waals surface area (Å²) in [5, 5.41) is 13.0. The highest BCUT2D eigenvalue weighted by Gasteiger charge is 2.38. The molecule has 0 saturated carbocycles. The monoisotopic (exact) mass is 282 g/mol. The highest BCUT2D eigenvalue weighted by molar-refractivity contribution is 6.33. The second-order valence-corrected chi connectivity index (χ2v) is 5.76. The van der Waals surface area contributed by atoms with Gasteiger partial charge in [-0.3, -0.25) is 4.79 Å². The predicted molar refractivity (Wildman–Crippen MR) is 76.5 cm³/mol. The second-order valence-electron chi connectivity index (χ2n) is 5.35. The van der Waals surface area contributed by atoms with E-state index in [0.29, 0.717) is 18.1 Å². The fourth-order valence-electron chi connectivity index (χ4n) is 2.32. The lowest BCUT2D eigenvalue weighted by atomic mass is 9.97. The Bertz CT molecular complexity index is 500. The fourth-order valence-corrected chi connectivity index (χ4v) is 2.61. The summed E-state index contributed by atoms with van der Waals surface area (Å²) in [6.07, 6.45) is -0.552. The van der Waals surface area contributed by atoms with E-state index in [1.54, 1.807) is 13.0 Å². The van der Waals surface area contributed by atoms with Crippen LogP contribution in [-0.4, -0.2) is 29.6 Å². The smallest absolute Gasteiger partial charge is 0.245 e. The number of aliphatic hydroxyl groups excluding tert-OH is 1. The Hall–Kier alpha value is -1.26. The van der Waals surface area contributed by atoms with E-state index in [0.717, 1.165) is 11.3 Å². The molecular weight excluding hydrogens is 264 g/mol. The third-order valence-corrected chi connectivity index (χ3v) is 3.90. The van der Waals surface area contributed by atoms with Crippen LogP contribution in [0.15, 0.2) is 18.2 Å². The quantitative estimate of drug-likeness (QED) is 0.873. The highest BCUT2D eigenvalue weighted by Crippen LogP contribution is 2.34. The van der Waals surface area contributed by atoms with E-state index in [9.17, 15) is 9.90 Å². The number of amides is 1. The van der Waals surface area contributed by atoms with E-state index in [1.165, 1.54) is 0 Å². The van der Waals surface area contributed by atoms with Crippen LogP contribution in [0.3, 0.4) is 0 Å². The van der Waals surface area contributed by atoms with Gasteiger partial charge in [-0.2, -0.15) is 0 Å². The molecule has 0 aliphatic carbocycles. The number of halogens is 1. The molecule has 0 radical (unpaired) electrons. The number of aliphatic hydroxyl groups is 1. The van der Waals surface area contributed by atoms with Crippen LogP contribution in [0.1, 0.15) is 32.4 Å². The van der Waals surface area contributed by atoms with Crippen LogP contribution in [-0.2, 0) is 4.79 Å². The molecule has 0 bridgehead atoms. The maximum absolute atomic E-state index is 12.0. The van der Waals surface area contributed by atoms with Crippen molar-refractivity contribution in [1.82, 2.24) is 5.32 Å². The third-order valence-electron chi connectivity index (χ3n) is 3.60. The Balaban J connectivity index is 2.38. The van der Waals surface area contributed by atoms with Crippen molar-refractivity contribution in [2.45, 2.75) is 32.4 Å². The lowest BCUT2D eigenvalue weighted by molar-refractivity contribution is -0.126. The van der Waals surface area contributed by atoms with Gasteiger partial charge >= 0.3 is 0 Å².